The van der Waals surface area contributed by atoms with E-state index in [1.54, 1.807) is 6.07 Å². The molecule has 2 N–H and O–H groups in total. The number of aryl methyl sites for hydroxylation is 1. The minimum atomic E-state index is -0.509. The van der Waals surface area contributed by atoms with Crippen LogP contribution in [0, 0.1) is 13.8 Å². The van der Waals surface area contributed by atoms with Gasteiger partial charge in [0.2, 0.25) is 5.75 Å². The predicted molar refractivity (Wildman–Crippen MR) is 105 cm³/mol. The fourth-order valence-electron chi connectivity index (χ4n) is 3.27. The maximum absolute atomic E-state index is 12.5. The van der Waals surface area contributed by atoms with Gasteiger partial charge in [-0.2, -0.15) is 0 Å². The van der Waals surface area contributed by atoms with E-state index in [1.165, 1.54) is 33.5 Å². The highest BCUT2D eigenvalue weighted by atomic mass is 16.5. The van der Waals surface area contributed by atoms with Gasteiger partial charge < -0.3 is 18.8 Å². The van der Waals surface area contributed by atoms with Gasteiger partial charge in [-0.15, -0.1) is 0 Å². The van der Waals surface area contributed by atoms with E-state index in [2.05, 4.69) is 15.4 Å². The number of hydrazine groups is 1. The second-order valence-corrected chi connectivity index (χ2v) is 6.57. The van der Waals surface area contributed by atoms with E-state index >= 15 is 0 Å². The summed E-state index contributed by atoms with van der Waals surface area (Å²) in [4.78, 5) is 25.0. The Morgan fingerprint density at radius 3 is 1.86 bits per heavy atom. The van der Waals surface area contributed by atoms with Gasteiger partial charge in [-0.05, 0) is 45.9 Å². The van der Waals surface area contributed by atoms with E-state index in [4.69, 9.17) is 14.2 Å². The Labute approximate surface area is 164 Å². The van der Waals surface area contributed by atoms with Crippen LogP contribution in [-0.2, 0) is 0 Å². The summed E-state index contributed by atoms with van der Waals surface area (Å²) in [7, 11) is 4.41. The first-order chi connectivity index (χ1) is 13.2. The van der Waals surface area contributed by atoms with Crippen LogP contribution in [0.2, 0.25) is 0 Å². The molecular weight excluding hydrogens is 362 g/mol. The zero-order valence-corrected chi connectivity index (χ0v) is 17.3. The maximum Gasteiger partial charge on any atom is 0.271 e. The average Bonchev–Trinajstić information content (AvgIpc) is 2.98. The number of ether oxygens (including phenoxy) is 3. The van der Waals surface area contributed by atoms with Crippen LogP contribution in [-0.4, -0.2) is 37.7 Å². The van der Waals surface area contributed by atoms with Gasteiger partial charge in [0.25, 0.3) is 11.8 Å². The molecule has 0 bridgehead atoms. The predicted octanol–water partition coefficient (Wildman–Crippen LogP) is 2.79. The number of benzene rings is 1. The van der Waals surface area contributed by atoms with Gasteiger partial charge in [0.05, 0.1) is 26.9 Å². The number of hydrogen-bond donors (Lipinski definition) is 2. The second kappa shape index (κ2) is 8.69. The van der Waals surface area contributed by atoms with Crippen LogP contribution in [0.4, 0.5) is 0 Å². The second-order valence-electron chi connectivity index (χ2n) is 6.57. The number of carbonyl (C=O) groups is 2. The summed E-state index contributed by atoms with van der Waals surface area (Å²) in [5.41, 5.74) is 7.46. The normalized spacial score (nSPS) is 10.6. The summed E-state index contributed by atoms with van der Waals surface area (Å²) in [6.07, 6.45) is 0. The van der Waals surface area contributed by atoms with Crippen LogP contribution in [0.3, 0.4) is 0 Å². The third-order valence-corrected chi connectivity index (χ3v) is 4.46. The molecule has 0 fully saturated rings. The summed E-state index contributed by atoms with van der Waals surface area (Å²) < 4.78 is 17.8. The van der Waals surface area contributed by atoms with Crippen LogP contribution in [0.5, 0.6) is 17.2 Å². The first-order valence-corrected chi connectivity index (χ1v) is 8.84. The zero-order valence-electron chi connectivity index (χ0n) is 17.3. The molecule has 0 spiro atoms. The molecule has 2 rings (SSSR count). The third kappa shape index (κ3) is 4.05. The molecule has 152 valence electrons. The molecular formula is C20H27N3O5. The standard InChI is InChI=1S/C20H27N3O5/c1-11(2)23-12(3)8-15(13(23)4)20(25)22-21-19(24)14-9-16(26-5)18(28-7)17(10-14)27-6/h8-11H,1-7H3,(H,21,24)(H,22,25). The van der Waals surface area contributed by atoms with Crippen LogP contribution in [0.15, 0.2) is 18.2 Å². The smallest absolute Gasteiger partial charge is 0.271 e. The molecule has 2 amide bonds. The largest absolute Gasteiger partial charge is 0.493 e. The molecule has 0 unspecified atom stereocenters. The maximum atomic E-state index is 12.5. The number of carbonyl (C=O) groups excluding carboxylic acids is 2. The van der Waals surface area contributed by atoms with Crippen molar-refractivity contribution in [2.24, 2.45) is 0 Å². The Morgan fingerprint density at radius 2 is 1.43 bits per heavy atom. The number of methoxy groups -OCH3 is 3. The summed E-state index contributed by atoms with van der Waals surface area (Å²) in [6, 6.07) is 5.05. The molecule has 0 atom stereocenters. The lowest BCUT2D eigenvalue weighted by atomic mass is 10.1. The quantitative estimate of drug-likeness (QED) is 0.742. The van der Waals surface area contributed by atoms with Crippen molar-refractivity contribution < 1.29 is 23.8 Å². The van der Waals surface area contributed by atoms with Crippen molar-refractivity contribution in [3.63, 3.8) is 0 Å². The molecule has 8 nitrogen and oxygen atoms in total. The van der Waals surface area contributed by atoms with E-state index in [9.17, 15) is 9.59 Å². The molecule has 28 heavy (non-hydrogen) atoms. The Morgan fingerprint density at radius 1 is 0.893 bits per heavy atom. The van der Waals surface area contributed by atoms with E-state index < -0.39 is 5.91 Å². The number of hydrogen-bond acceptors (Lipinski definition) is 5. The number of nitrogens with zero attached hydrogens (tertiary/aromatic N) is 1. The van der Waals surface area contributed by atoms with E-state index in [0.29, 0.717) is 22.8 Å². The average molecular weight is 389 g/mol. The van der Waals surface area contributed by atoms with Gasteiger partial charge in [0.1, 0.15) is 0 Å². The van der Waals surface area contributed by atoms with Crippen LogP contribution in [0.1, 0.15) is 52.0 Å². The number of nitrogens with one attached hydrogen (secondary N) is 2. The van der Waals surface area contributed by atoms with Crippen LogP contribution in [0.25, 0.3) is 0 Å². The monoisotopic (exact) mass is 389 g/mol. The first kappa shape index (κ1) is 21.1. The third-order valence-electron chi connectivity index (χ3n) is 4.46. The van der Waals surface area contributed by atoms with Crippen molar-refractivity contribution in [2.75, 3.05) is 21.3 Å². The Kier molecular flexibility index (Phi) is 6.56. The lowest BCUT2D eigenvalue weighted by Crippen LogP contribution is -2.41. The molecule has 1 aromatic carbocycles. The lowest BCUT2D eigenvalue weighted by Gasteiger charge is -2.15. The minimum absolute atomic E-state index is 0.232. The fourth-order valence-corrected chi connectivity index (χ4v) is 3.27. The lowest BCUT2D eigenvalue weighted by molar-refractivity contribution is 0.0846. The molecule has 0 radical (unpaired) electrons. The summed E-state index contributed by atoms with van der Waals surface area (Å²) in [5.74, 6) is 0.176. The van der Waals surface area contributed by atoms with Crippen molar-refractivity contribution in [3.05, 3.63) is 40.7 Å². The van der Waals surface area contributed by atoms with Gasteiger partial charge in [-0.3, -0.25) is 20.4 Å². The van der Waals surface area contributed by atoms with Crippen molar-refractivity contribution >= 4 is 11.8 Å². The summed E-state index contributed by atoms with van der Waals surface area (Å²) in [6.45, 7) is 7.92. The van der Waals surface area contributed by atoms with E-state index in [0.717, 1.165) is 11.4 Å². The van der Waals surface area contributed by atoms with Crippen molar-refractivity contribution in [1.29, 1.82) is 0 Å². The Balaban J connectivity index is 2.18. The number of aromatic nitrogens is 1. The molecule has 1 aromatic heterocycles. The highest BCUT2D eigenvalue weighted by Crippen LogP contribution is 2.38. The molecule has 0 aliphatic carbocycles. The molecule has 0 saturated heterocycles. The Bertz CT molecular complexity index is 861. The van der Waals surface area contributed by atoms with Crippen LogP contribution >= 0.6 is 0 Å². The summed E-state index contributed by atoms with van der Waals surface area (Å²) >= 11 is 0. The minimum Gasteiger partial charge on any atom is -0.493 e. The SMILES string of the molecule is COc1cc(C(=O)NNC(=O)c2cc(C)n(C(C)C)c2C)cc(OC)c1OC. The highest BCUT2D eigenvalue weighted by molar-refractivity contribution is 6.00. The fraction of sp³-hybridized carbons (Fsp3) is 0.400. The van der Waals surface area contributed by atoms with Gasteiger partial charge in [-0.1, -0.05) is 0 Å². The molecule has 0 saturated carbocycles. The molecule has 0 aliphatic heterocycles. The van der Waals surface area contributed by atoms with Crippen molar-refractivity contribution in [3.8, 4) is 17.2 Å². The topological polar surface area (TPSA) is 90.8 Å². The van der Waals surface area contributed by atoms with Crippen LogP contribution < -0.4 is 25.1 Å². The van der Waals surface area contributed by atoms with Gasteiger partial charge in [-0.25, -0.2) is 0 Å². The van der Waals surface area contributed by atoms with Crippen molar-refractivity contribution in [2.45, 2.75) is 33.7 Å². The highest BCUT2D eigenvalue weighted by Gasteiger charge is 2.20. The van der Waals surface area contributed by atoms with Gasteiger partial charge >= 0.3 is 0 Å². The zero-order chi connectivity index (χ0) is 21.0. The molecule has 1 heterocycles. The van der Waals surface area contributed by atoms with Crippen molar-refractivity contribution in [1.82, 2.24) is 15.4 Å². The Hall–Kier alpha value is -3.16. The number of amides is 2. The number of rotatable bonds is 6. The molecule has 0 aliphatic rings. The first-order valence-electron chi connectivity index (χ1n) is 8.84. The molecule has 2 aromatic rings. The van der Waals surface area contributed by atoms with E-state index in [-0.39, 0.29) is 17.5 Å². The molecule has 8 heteroatoms. The summed E-state index contributed by atoms with van der Waals surface area (Å²) in [5, 5.41) is 0. The van der Waals surface area contributed by atoms with E-state index in [1.807, 2.05) is 27.7 Å². The van der Waals surface area contributed by atoms with Gasteiger partial charge in [0, 0.05) is 23.0 Å². The van der Waals surface area contributed by atoms with Gasteiger partial charge in [0.15, 0.2) is 11.5 Å².